The minimum absolute atomic E-state index is 0.128. The summed E-state index contributed by atoms with van der Waals surface area (Å²) in [6, 6.07) is 6.44. The molecule has 1 aliphatic rings. The van der Waals surface area contributed by atoms with Crippen LogP contribution in [-0.2, 0) is 0 Å². The minimum atomic E-state index is 0.128. The summed E-state index contributed by atoms with van der Waals surface area (Å²) in [6.45, 7) is 6.96. The zero-order valence-corrected chi connectivity index (χ0v) is 10.7. The molecule has 4 nitrogen and oxygen atoms in total. The summed E-state index contributed by atoms with van der Waals surface area (Å²) in [4.78, 5) is 4.40. The van der Waals surface area contributed by atoms with E-state index >= 15 is 0 Å². The molecule has 1 aromatic heterocycles. The third-order valence-electron chi connectivity index (χ3n) is 3.68. The van der Waals surface area contributed by atoms with E-state index in [-0.39, 0.29) is 11.5 Å². The molecule has 2 unspecified atom stereocenters. The predicted octanol–water partition coefficient (Wildman–Crippen LogP) is 2.02. The molecule has 1 fully saturated rings. The number of anilines is 1. The Morgan fingerprint density at radius 1 is 1.53 bits per heavy atom. The van der Waals surface area contributed by atoms with E-state index in [9.17, 15) is 0 Å². The molecule has 0 bridgehead atoms. The zero-order valence-electron chi connectivity index (χ0n) is 10.7. The van der Waals surface area contributed by atoms with Gasteiger partial charge >= 0.3 is 0 Å². The van der Waals surface area contributed by atoms with Gasteiger partial charge in [-0.1, -0.05) is 19.9 Å². The highest BCUT2D eigenvalue weighted by molar-refractivity contribution is 5.40. The van der Waals surface area contributed by atoms with Crippen LogP contribution in [-0.4, -0.2) is 23.7 Å². The number of nitrogens with two attached hydrogens (primary N) is 1. The third kappa shape index (κ3) is 2.36. The number of hydrogen-bond acceptors (Lipinski definition) is 4. The summed E-state index contributed by atoms with van der Waals surface area (Å²) in [5.41, 5.74) is 6.12. The number of hydrogen-bond donors (Lipinski definition) is 2. The topological polar surface area (TPSA) is 60.2 Å². The van der Waals surface area contributed by atoms with Crippen molar-refractivity contribution in [1.82, 2.24) is 4.98 Å². The second kappa shape index (κ2) is 4.53. The van der Waals surface area contributed by atoms with E-state index in [4.69, 9.17) is 10.5 Å². The summed E-state index contributed by atoms with van der Waals surface area (Å²) < 4.78 is 5.38. The second-order valence-electron chi connectivity index (χ2n) is 5.15. The maximum Gasteiger partial charge on any atom is 0.215 e. The van der Waals surface area contributed by atoms with Crippen LogP contribution in [0.5, 0.6) is 5.88 Å². The maximum atomic E-state index is 5.99. The van der Waals surface area contributed by atoms with E-state index in [1.807, 2.05) is 25.1 Å². The van der Waals surface area contributed by atoms with Crippen molar-refractivity contribution in [3.63, 3.8) is 0 Å². The van der Waals surface area contributed by atoms with Gasteiger partial charge in [-0.15, -0.1) is 0 Å². The summed E-state index contributed by atoms with van der Waals surface area (Å²) in [5.74, 6) is 1.53. The molecule has 0 amide bonds. The lowest BCUT2D eigenvalue weighted by atomic mass is 9.63. The fourth-order valence-electron chi connectivity index (χ4n) is 2.11. The van der Waals surface area contributed by atoms with Gasteiger partial charge in [-0.3, -0.25) is 0 Å². The number of nitrogens with one attached hydrogen (secondary N) is 1. The van der Waals surface area contributed by atoms with Crippen LogP contribution in [0.15, 0.2) is 18.2 Å². The third-order valence-corrected chi connectivity index (χ3v) is 3.68. The summed E-state index contributed by atoms with van der Waals surface area (Å²) in [5, 5.41) is 3.43. The molecular weight excluding hydrogens is 214 g/mol. The highest BCUT2D eigenvalue weighted by atomic mass is 16.5. The van der Waals surface area contributed by atoms with Crippen molar-refractivity contribution in [2.24, 2.45) is 11.1 Å². The molecule has 0 aliphatic heterocycles. The number of aromatic nitrogens is 1. The van der Waals surface area contributed by atoms with Crippen LogP contribution in [0.3, 0.4) is 0 Å². The molecule has 0 aromatic carbocycles. The molecule has 17 heavy (non-hydrogen) atoms. The number of nitrogens with zero attached hydrogens (tertiary/aromatic N) is 1. The molecule has 94 valence electrons. The average Bonchev–Trinajstić information content (AvgIpc) is 2.30. The van der Waals surface area contributed by atoms with Gasteiger partial charge in [0.25, 0.3) is 0 Å². The van der Waals surface area contributed by atoms with E-state index < -0.39 is 0 Å². The first-order valence-electron chi connectivity index (χ1n) is 6.16. The molecule has 1 aliphatic carbocycles. The Morgan fingerprint density at radius 2 is 2.29 bits per heavy atom. The summed E-state index contributed by atoms with van der Waals surface area (Å²) >= 11 is 0. The maximum absolute atomic E-state index is 5.99. The lowest BCUT2D eigenvalue weighted by Gasteiger charge is -2.50. The van der Waals surface area contributed by atoms with E-state index in [0.29, 0.717) is 18.5 Å². The Kier molecular flexibility index (Phi) is 3.24. The molecule has 0 spiro atoms. The Morgan fingerprint density at radius 3 is 2.88 bits per heavy atom. The van der Waals surface area contributed by atoms with Crippen molar-refractivity contribution in [3.05, 3.63) is 18.2 Å². The van der Waals surface area contributed by atoms with Crippen LogP contribution >= 0.6 is 0 Å². The number of ether oxygens (including phenoxy) is 1. The van der Waals surface area contributed by atoms with Crippen LogP contribution in [0, 0.1) is 5.41 Å². The summed E-state index contributed by atoms with van der Waals surface area (Å²) in [7, 11) is 0. The average molecular weight is 235 g/mol. The molecule has 0 radical (unpaired) electrons. The monoisotopic (exact) mass is 235 g/mol. The number of rotatable bonds is 4. The van der Waals surface area contributed by atoms with Crippen LogP contribution in [0.4, 0.5) is 5.82 Å². The zero-order chi connectivity index (χ0) is 12.5. The molecule has 0 saturated heterocycles. The van der Waals surface area contributed by atoms with Crippen molar-refractivity contribution >= 4 is 5.82 Å². The van der Waals surface area contributed by atoms with Crippen molar-refractivity contribution in [3.8, 4) is 5.88 Å². The molecular formula is C13H21N3O. The smallest absolute Gasteiger partial charge is 0.215 e. The molecule has 2 rings (SSSR count). The van der Waals surface area contributed by atoms with E-state index in [1.165, 1.54) is 0 Å². The van der Waals surface area contributed by atoms with Gasteiger partial charge in [0.2, 0.25) is 5.88 Å². The largest absolute Gasteiger partial charge is 0.478 e. The molecule has 3 N–H and O–H groups in total. The quantitative estimate of drug-likeness (QED) is 0.838. The first kappa shape index (κ1) is 12.2. The van der Waals surface area contributed by atoms with E-state index in [1.54, 1.807) is 0 Å². The Bertz CT molecular complexity index is 392. The van der Waals surface area contributed by atoms with E-state index in [2.05, 4.69) is 24.1 Å². The molecule has 2 atom stereocenters. The fourth-order valence-corrected chi connectivity index (χ4v) is 2.11. The molecule has 1 heterocycles. The van der Waals surface area contributed by atoms with Gasteiger partial charge in [0.05, 0.1) is 6.61 Å². The highest BCUT2D eigenvalue weighted by Crippen LogP contribution is 2.40. The van der Waals surface area contributed by atoms with Gasteiger partial charge in [0.15, 0.2) is 0 Å². The predicted molar refractivity (Wildman–Crippen MR) is 69.2 cm³/mol. The normalized spacial score (nSPS) is 26.1. The Hall–Kier alpha value is -1.29. The fraction of sp³-hybridized carbons (Fsp3) is 0.615. The second-order valence-corrected chi connectivity index (χ2v) is 5.15. The van der Waals surface area contributed by atoms with Gasteiger partial charge in [-0.2, -0.15) is 4.98 Å². The van der Waals surface area contributed by atoms with Crippen LogP contribution in [0.25, 0.3) is 0 Å². The van der Waals surface area contributed by atoms with E-state index in [0.717, 1.165) is 12.2 Å². The van der Waals surface area contributed by atoms with Gasteiger partial charge in [0.1, 0.15) is 5.82 Å². The van der Waals surface area contributed by atoms with Crippen LogP contribution in [0.2, 0.25) is 0 Å². The first-order valence-corrected chi connectivity index (χ1v) is 6.16. The molecule has 1 saturated carbocycles. The number of pyridine rings is 1. The lowest BCUT2D eigenvalue weighted by molar-refractivity contribution is 0.117. The molecule has 4 heteroatoms. The van der Waals surface area contributed by atoms with Crippen LogP contribution < -0.4 is 15.8 Å². The SMILES string of the molecule is CCOc1cccc(NC2CC(N)C2(C)C)n1. The van der Waals surface area contributed by atoms with Gasteiger partial charge in [-0.25, -0.2) is 0 Å². The van der Waals surface area contributed by atoms with Gasteiger partial charge in [-0.05, 0) is 19.4 Å². The summed E-state index contributed by atoms with van der Waals surface area (Å²) in [6.07, 6.45) is 0.994. The van der Waals surface area contributed by atoms with Gasteiger partial charge in [0, 0.05) is 23.6 Å². The molecule has 1 aromatic rings. The first-order chi connectivity index (χ1) is 8.04. The van der Waals surface area contributed by atoms with Crippen molar-refractivity contribution < 1.29 is 4.74 Å². The van der Waals surface area contributed by atoms with Crippen LogP contribution in [0.1, 0.15) is 27.2 Å². The standard InChI is InChI=1S/C13H21N3O/c1-4-17-12-7-5-6-11(16-12)15-10-8-9(14)13(10,2)3/h5-7,9-10H,4,8,14H2,1-3H3,(H,15,16). The Balaban J connectivity index is 2.02. The van der Waals surface area contributed by atoms with Crippen molar-refractivity contribution in [2.45, 2.75) is 39.3 Å². The van der Waals surface area contributed by atoms with Crippen molar-refractivity contribution in [2.75, 3.05) is 11.9 Å². The minimum Gasteiger partial charge on any atom is -0.478 e. The Labute approximate surface area is 103 Å². The lowest BCUT2D eigenvalue weighted by Crippen LogP contribution is -2.61. The van der Waals surface area contributed by atoms with Gasteiger partial charge < -0.3 is 15.8 Å². The highest BCUT2D eigenvalue weighted by Gasteiger charge is 2.46. The van der Waals surface area contributed by atoms with Crippen molar-refractivity contribution in [1.29, 1.82) is 0 Å².